The molecular formula is C10H27NSi2. The van der Waals surface area contributed by atoms with Gasteiger partial charge in [0.05, 0.1) is 0 Å². The van der Waals surface area contributed by atoms with E-state index in [1.165, 1.54) is 13.0 Å². The molecule has 13 heavy (non-hydrogen) atoms. The van der Waals surface area contributed by atoms with Crippen molar-refractivity contribution >= 4 is 16.5 Å². The molecule has 0 aromatic rings. The van der Waals surface area contributed by atoms with Gasteiger partial charge in [0.2, 0.25) is 0 Å². The third kappa shape index (κ3) is 2.67. The van der Waals surface area contributed by atoms with Crippen LogP contribution in [0.4, 0.5) is 0 Å². The average molecular weight is 218 g/mol. The van der Waals surface area contributed by atoms with Gasteiger partial charge in [-0.25, -0.2) is 0 Å². The summed E-state index contributed by atoms with van der Waals surface area (Å²) in [6.07, 6.45) is 1.34. The highest BCUT2D eigenvalue weighted by Gasteiger charge is 2.46. The Morgan fingerprint density at radius 3 is 1.69 bits per heavy atom. The molecule has 0 saturated carbocycles. The van der Waals surface area contributed by atoms with Crippen LogP contribution in [0.5, 0.6) is 0 Å². The van der Waals surface area contributed by atoms with Gasteiger partial charge in [0, 0.05) is 0 Å². The van der Waals surface area contributed by atoms with Crippen molar-refractivity contribution in [3.05, 3.63) is 0 Å². The summed E-state index contributed by atoms with van der Waals surface area (Å²) >= 11 is 0. The highest BCUT2D eigenvalue weighted by molar-refractivity contribution is 6.95. The van der Waals surface area contributed by atoms with Gasteiger partial charge in [-0.1, -0.05) is 40.5 Å². The largest absolute Gasteiger partial charge is 0.345 e. The smallest absolute Gasteiger partial charge is 0.115 e. The summed E-state index contributed by atoms with van der Waals surface area (Å²) in [5, 5.41) is 0. The van der Waals surface area contributed by atoms with Crippen LogP contribution in [0.2, 0.25) is 38.3 Å². The van der Waals surface area contributed by atoms with Crippen molar-refractivity contribution in [2.75, 3.05) is 6.54 Å². The Kier molecular flexibility index (Phi) is 4.41. The van der Waals surface area contributed by atoms with Gasteiger partial charge >= 0.3 is 0 Å². The number of nitrogens with zero attached hydrogens (tertiary/aromatic N) is 1. The minimum absolute atomic E-state index is 0. The van der Waals surface area contributed by atoms with Crippen LogP contribution in [0, 0.1) is 0 Å². The molecule has 1 rings (SSSR count). The van der Waals surface area contributed by atoms with Crippen LogP contribution < -0.4 is 0 Å². The lowest BCUT2D eigenvalue weighted by Crippen LogP contribution is -2.54. The van der Waals surface area contributed by atoms with Gasteiger partial charge in [-0.15, -0.1) is 0 Å². The maximum Gasteiger partial charge on any atom is 0.115 e. The van der Waals surface area contributed by atoms with Crippen molar-refractivity contribution in [1.82, 2.24) is 4.23 Å². The van der Waals surface area contributed by atoms with Gasteiger partial charge in [0.25, 0.3) is 0 Å². The van der Waals surface area contributed by atoms with Crippen LogP contribution in [0.3, 0.4) is 0 Å². The zero-order chi connectivity index (χ0) is 9.41. The fraction of sp³-hybridized carbons (Fsp3) is 1.00. The first-order chi connectivity index (χ1) is 5.40. The minimum atomic E-state index is -0.931. The number of rotatable bonds is 2. The van der Waals surface area contributed by atoms with E-state index in [0.717, 1.165) is 0 Å². The quantitative estimate of drug-likeness (QED) is 0.637. The van der Waals surface area contributed by atoms with Crippen LogP contribution in [-0.2, 0) is 0 Å². The summed E-state index contributed by atoms with van der Waals surface area (Å²) < 4.78 is 2.94. The van der Waals surface area contributed by atoms with Gasteiger partial charge < -0.3 is 4.23 Å². The van der Waals surface area contributed by atoms with Crippen LogP contribution in [-0.4, -0.2) is 27.2 Å². The molecule has 3 heteroatoms. The van der Waals surface area contributed by atoms with Crippen LogP contribution in [0.1, 0.15) is 20.8 Å². The third-order valence-corrected chi connectivity index (χ3v) is 13.7. The molecule has 0 unspecified atom stereocenters. The van der Waals surface area contributed by atoms with Gasteiger partial charge in [0.1, 0.15) is 16.5 Å². The first kappa shape index (κ1) is 13.4. The van der Waals surface area contributed by atoms with E-state index < -0.39 is 16.5 Å². The topological polar surface area (TPSA) is 3.24 Å². The van der Waals surface area contributed by atoms with Crippen molar-refractivity contribution in [2.45, 2.75) is 59.0 Å². The summed E-state index contributed by atoms with van der Waals surface area (Å²) in [7, 11) is -1.86. The van der Waals surface area contributed by atoms with Gasteiger partial charge in [-0.3, -0.25) is 0 Å². The molecule has 1 heterocycles. The normalized spacial score (nSPS) is 25.6. The van der Waals surface area contributed by atoms with E-state index in [1.54, 1.807) is 12.1 Å². The molecule has 0 atom stereocenters. The molecule has 0 aliphatic carbocycles. The Morgan fingerprint density at radius 2 is 1.38 bits per heavy atom. The summed E-state index contributed by atoms with van der Waals surface area (Å²) in [5.74, 6) is 0. The van der Waals surface area contributed by atoms with E-state index >= 15 is 0 Å². The first-order valence-corrected chi connectivity index (χ1v) is 11.5. The molecule has 1 fully saturated rings. The predicted octanol–water partition coefficient (Wildman–Crippen LogP) is 3.76. The summed E-state index contributed by atoms with van der Waals surface area (Å²) in [6, 6.07) is 3.10. The average Bonchev–Trinajstić information content (AvgIpc) is 2.13. The fourth-order valence-electron chi connectivity index (χ4n) is 2.53. The van der Waals surface area contributed by atoms with Crippen molar-refractivity contribution in [3.63, 3.8) is 0 Å². The van der Waals surface area contributed by atoms with Crippen molar-refractivity contribution < 1.29 is 0 Å². The molecule has 0 spiro atoms. The Hall–Kier alpha value is 0.394. The summed E-state index contributed by atoms with van der Waals surface area (Å²) in [5.41, 5.74) is 0. The fourth-order valence-corrected chi connectivity index (χ4v) is 16.8. The van der Waals surface area contributed by atoms with Crippen LogP contribution in [0.15, 0.2) is 0 Å². The SMILES string of the molecule is C.CCCN1[Si](C)(C)CC[Si]1(C)C. The Balaban J connectivity index is 0.00000144. The van der Waals surface area contributed by atoms with Gasteiger partial charge in [0.15, 0.2) is 0 Å². The zero-order valence-corrected chi connectivity index (χ0v) is 11.3. The molecular weight excluding hydrogens is 190 g/mol. The second-order valence-electron chi connectivity index (χ2n) is 5.28. The lowest BCUT2D eigenvalue weighted by atomic mass is 10.5. The standard InChI is InChI=1S/C9H23NSi2.CH4/c1-6-7-10-11(2,3)8-9-12(10,4)5;/h6-9H2,1-5H3;1H4. The molecule has 0 aromatic carbocycles. The number of hydrogen-bond acceptors (Lipinski definition) is 1. The van der Waals surface area contributed by atoms with E-state index in [1.807, 2.05) is 0 Å². The maximum atomic E-state index is 2.94. The summed E-state index contributed by atoms with van der Waals surface area (Å²) in [4.78, 5) is 0. The second-order valence-corrected chi connectivity index (χ2v) is 15.1. The summed E-state index contributed by atoms with van der Waals surface area (Å²) in [6.45, 7) is 13.9. The lowest BCUT2D eigenvalue weighted by molar-refractivity contribution is 0.612. The van der Waals surface area contributed by atoms with E-state index in [0.29, 0.717) is 0 Å². The first-order valence-electron chi connectivity index (χ1n) is 5.18. The van der Waals surface area contributed by atoms with Crippen LogP contribution in [0.25, 0.3) is 0 Å². The molecule has 0 bridgehead atoms. The second kappa shape index (κ2) is 4.28. The van der Waals surface area contributed by atoms with Crippen LogP contribution >= 0.6 is 0 Å². The van der Waals surface area contributed by atoms with Crippen molar-refractivity contribution in [2.24, 2.45) is 0 Å². The third-order valence-electron chi connectivity index (χ3n) is 3.26. The molecule has 1 aliphatic rings. The van der Waals surface area contributed by atoms with E-state index in [-0.39, 0.29) is 7.43 Å². The highest BCUT2D eigenvalue weighted by Crippen LogP contribution is 2.36. The molecule has 0 amide bonds. The van der Waals surface area contributed by atoms with E-state index in [2.05, 4.69) is 37.3 Å². The monoisotopic (exact) mass is 217 g/mol. The van der Waals surface area contributed by atoms with Gasteiger partial charge in [-0.2, -0.15) is 0 Å². The maximum absolute atomic E-state index is 2.94. The van der Waals surface area contributed by atoms with E-state index in [4.69, 9.17) is 0 Å². The predicted molar refractivity (Wildman–Crippen MR) is 68.3 cm³/mol. The molecule has 1 nitrogen and oxygen atoms in total. The molecule has 80 valence electrons. The van der Waals surface area contributed by atoms with Crippen molar-refractivity contribution in [1.29, 1.82) is 0 Å². The Labute approximate surface area is 86.7 Å². The molecule has 0 aromatic heterocycles. The Bertz CT molecular complexity index is 150. The van der Waals surface area contributed by atoms with E-state index in [9.17, 15) is 0 Å². The molecule has 1 saturated heterocycles. The highest BCUT2D eigenvalue weighted by atomic mass is 28.4. The molecule has 0 N–H and O–H groups in total. The van der Waals surface area contributed by atoms with Gasteiger partial charge in [-0.05, 0) is 25.1 Å². The lowest BCUT2D eigenvalue weighted by Gasteiger charge is -2.38. The Morgan fingerprint density at radius 1 is 1.00 bits per heavy atom. The molecule has 0 radical (unpaired) electrons. The minimum Gasteiger partial charge on any atom is -0.345 e. The van der Waals surface area contributed by atoms with Crippen molar-refractivity contribution in [3.8, 4) is 0 Å². The number of hydrogen-bond donors (Lipinski definition) is 0. The zero-order valence-electron chi connectivity index (χ0n) is 9.28. The molecule has 1 aliphatic heterocycles.